The molecule has 0 spiro atoms. The summed E-state index contributed by atoms with van der Waals surface area (Å²) in [6.07, 6.45) is 2.68. The Morgan fingerprint density at radius 3 is 2.95 bits per heavy atom. The molecular formula is C17H22N2OS. The largest absolute Gasteiger partial charge is 0.376 e. The summed E-state index contributed by atoms with van der Waals surface area (Å²) in [5.41, 5.74) is 4.80. The summed E-state index contributed by atoms with van der Waals surface area (Å²) in [6, 6.07) is 6.42. The molecule has 1 aromatic carbocycles. The zero-order chi connectivity index (χ0) is 14.8. The molecule has 1 atom stereocenters. The number of thiazole rings is 1. The highest BCUT2D eigenvalue weighted by Crippen LogP contribution is 2.20. The van der Waals surface area contributed by atoms with Gasteiger partial charge in [0.25, 0.3) is 0 Å². The van der Waals surface area contributed by atoms with Gasteiger partial charge in [-0.3, -0.25) is 0 Å². The molecule has 3 nitrogen and oxygen atoms in total. The minimum Gasteiger partial charge on any atom is -0.376 e. The van der Waals surface area contributed by atoms with Crippen molar-refractivity contribution in [1.82, 2.24) is 4.57 Å². The summed E-state index contributed by atoms with van der Waals surface area (Å²) in [7, 11) is 0. The summed E-state index contributed by atoms with van der Waals surface area (Å²) in [6.45, 7) is 8.19. The Labute approximate surface area is 129 Å². The first-order valence-electron chi connectivity index (χ1n) is 7.52. The van der Waals surface area contributed by atoms with E-state index in [9.17, 15) is 0 Å². The summed E-state index contributed by atoms with van der Waals surface area (Å²) in [4.78, 5) is 5.96. The molecular weight excluding hydrogens is 280 g/mol. The third-order valence-corrected chi connectivity index (χ3v) is 4.96. The van der Waals surface area contributed by atoms with E-state index in [1.165, 1.54) is 23.2 Å². The standard InChI is InChI=1S/C17H22N2OS/c1-12-6-7-13(2)16(9-12)18-17-19(14(3)11-21-17)10-15-5-4-8-20-15/h6-7,9,11,15H,4-5,8,10H2,1-3H3. The van der Waals surface area contributed by atoms with E-state index in [0.29, 0.717) is 6.10 Å². The topological polar surface area (TPSA) is 26.5 Å². The molecule has 1 unspecified atom stereocenters. The lowest BCUT2D eigenvalue weighted by Gasteiger charge is -2.12. The lowest BCUT2D eigenvalue weighted by molar-refractivity contribution is 0.0959. The number of rotatable bonds is 3. The summed E-state index contributed by atoms with van der Waals surface area (Å²) < 4.78 is 8.07. The first kappa shape index (κ1) is 14.5. The quantitative estimate of drug-likeness (QED) is 0.845. The van der Waals surface area contributed by atoms with Crippen molar-refractivity contribution in [3.05, 3.63) is 45.2 Å². The second-order valence-corrected chi connectivity index (χ2v) is 6.64. The van der Waals surface area contributed by atoms with E-state index >= 15 is 0 Å². The monoisotopic (exact) mass is 302 g/mol. The maximum atomic E-state index is 5.77. The van der Waals surface area contributed by atoms with Gasteiger partial charge in [0, 0.05) is 17.7 Å². The highest BCUT2D eigenvalue weighted by atomic mass is 32.1. The molecule has 21 heavy (non-hydrogen) atoms. The Bertz CT molecular complexity index is 693. The minimum atomic E-state index is 0.343. The van der Waals surface area contributed by atoms with Gasteiger partial charge in [-0.05, 0) is 50.8 Å². The van der Waals surface area contributed by atoms with Crippen LogP contribution >= 0.6 is 11.3 Å². The number of aromatic nitrogens is 1. The van der Waals surface area contributed by atoms with Crippen LogP contribution in [0.2, 0.25) is 0 Å². The Morgan fingerprint density at radius 2 is 2.19 bits per heavy atom. The van der Waals surface area contributed by atoms with Gasteiger partial charge < -0.3 is 9.30 Å². The Balaban J connectivity index is 1.98. The molecule has 0 aliphatic carbocycles. The van der Waals surface area contributed by atoms with Crippen LogP contribution < -0.4 is 4.80 Å². The van der Waals surface area contributed by atoms with Crippen LogP contribution in [0.4, 0.5) is 5.69 Å². The third kappa shape index (κ3) is 3.27. The van der Waals surface area contributed by atoms with Crippen LogP contribution in [0, 0.1) is 20.8 Å². The van der Waals surface area contributed by atoms with Crippen molar-refractivity contribution < 1.29 is 4.74 Å². The van der Waals surface area contributed by atoms with Gasteiger partial charge in [-0.15, -0.1) is 11.3 Å². The van der Waals surface area contributed by atoms with E-state index in [0.717, 1.165) is 30.1 Å². The average Bonchev–Trinajstić information content (AvgIpc) is 3.08. The van der Waals surface area contributed by atoms with E-state index in [2.05, 4.69) is 48.9 Å². The molecule has 1 saturated heterocycles. The molecule has 0 amide bonds. The smallest absolute Gasteiger partial charge is 0.190 e. The first-order chi connectivity index (χ1) is 10.1. The van der Waals surface area contributed by atoms with Crippen LogP contribution in [-0.4, -0.2) is 17.3 Å². The van der Waals surface area contributed by atoms with Gasteiger partial charge in [-0.25, -0.2) is 4.99 Å². The van der Waals surface area contributed by atoms with E-state index < -0.39 is 0 Å². The number of nitrogens with zero attached hydrogens (tertiary/aromatic N) is 2. The fraction of sp³-hybridized carbons (Fsp3) is 0.471. The normalized spacial score (nSPS) is 19.4. The molecule has 1 aromatic heterocycles. The number of benzene rings is 1. The predicted molar refractivity (Wildman–Crippen MR) is 87.2 cm³/mol. The molecule has 1 fully saturated rings. The van der Waals surface area contributed by atoms with Crippen LogP contribution in [0.15, 0.2) is 28.6 Å². The molecule has 0 N–H and O–H groups in total. The maximum Gasteiger partial charge on any atom is 0.190 e. The van der Waals surface area contributed by atoms with Crippen molar-refractivity contribution in [2.75, 3.05) is 6.61 Å². The molecule has 2 heterocycles. The molecule has 0 saturated carbocycles. The van der Waals surface area contributed by atoms with Crippen molar-refractivity contribution in [2.24, 2.45) is 4.99 Å². The molecule has 3 rings (SSSR count). The molecule has 2 aromatic rings. The Hall–Kier alpha value is -1.39. The summed E-state index contributed by atoms with van der Waals surface area (Å²) in [5, 5.41) is 2.18. The summed E-state index contributed by atoms with van der Waals surface area (Å²) >= 11 is 1.71. The minimum absolute atomic E-state index is 0.343. The Morgan fingerprint density at radius 1 is 1.33 bits per heavy atom. The zero-order valence-corrected chi connectivity index (χ0v) is 13.7. The molecule has 0 bridgehead atoms. The van der Waals surface area contributed by atoms with Crippen LogP contribution in [-0.2, 0) is 11.3 Å². The molecule has 112 valence electrons. The van der Waals surface area contributed by atoms with Crippen LogP contribution in [0.25, 0.3) is 0 Å². The zero-order valence-electron chi connectivity index (χ0n) is 12.9. The highest BCUT2D eigenvalue weighted by molar-refractivity contribution is 7.07. The van der Waals surface area contributed by atoms with Gasteiger partial charge in [0.05, 0.1) is 18.3 Å². The maximum absolute atomic E-state index is 5.77. The van der Waals surface area contributed by atoms with Crippen molar-refractivity contribution in [3.63, 3.8) is 0 Å². The average molecular weight is 302 g/mol. The van der Waals surface area contributed by atoms with Crippen molar-refractivity contribution >= 4 is 17.0 Å². The number of ether oxygens (including phenoxy) is 1. The first-order valence-corrected chi connectivity index (χ1v) is 8.40. The van der Waals surface area contributed by atoms with Gasteiger partial charge in [0.15, 0.2) is 4.80 Å². The van der Waals surface area contributed by atoms with E-state index in [4.69, 9.17) is 9.73 Å². The van der Waals surface area contributed by atoms with Crippen molar-refractivity contribution in [2.45, 2.75) is 46.3 Å². The molecule has 1 aliphatic rings. The highest BCUT2D eigenvalue weighted by Gasteiger charge is 2.17. The number of hydrogen-bond acceptors (Lipinski definition) is 3. The van der Waals surface area contributed by atoms with E-state index in [1.807, 2.05) is 0 Å². The second-order valence-electron chi connectivity index (χ2n) is 5.81. The van der Waals surface area contributed by atoms with Gasteiger partial charge in [0.2, 0.25) is 0 Å². The van der Waals surface area contributed by atoms with Gasteiger partial charge in [-0.2, -0.15) is 0 Å². The van der Waals surface area contributed by atoms with Crippen molar-refractivity contribution in [1.29, 1.82) is 0 Å². The fourth-order valence-electron chi connectivity index (χ4n) is 2.66. The van der Waals surface area contributed by atoms with Gasteiger partial charge in [0.1, 0.15) is 0 Å². The molecule has 4 heteroatoms. The fourth-order valence-corrected chi connectivity index (χ4v) is 3.56. The van der Waals surface area contributed by atoms with E-state index in [-0.39, 0.29) is 0 Å². The second kappa shape index (κ2) is 6.16. The predicted octanol–water partition coefficient (Wildman–Crippen LogP) is 3.89. The Kier molecular flexibility index (Phi) is 4.27. The van der Waals surface area contributed by atoms with Gasteiger partial charge in [-0.1, -0.05) is 12.1 Å². The lowest BCUT2D eigenvalue weighted by Crippen LogP contribution is -2.24. The van der Waals surface area contributed by atoms with E-state index in [1.54, 1.807) is 11.3 Å². The molecule has 0 radical (unpaired) electrons. The van der Waals surface area contributed by atoms with Crippen LogP contribution in [0.1, 0.15) is 29.7 Å². The summed E-state index contributed by atoms with van der Waals surface area (Å²) in [5.74, 6) is 0. The third-order valence-electron chi connectivity index (χ3n) is 3.98. The number of aryl methyl sites for hydroxylation is 3. The SMILES string of the molecule is Cc1ccc(C)c(N=c2scc(C)n2CC2CCCO2)c1. The number of hydrogen-bond donors (Lipinski definition) is 0. The van der Waals surface area contributed by atoms with Crippen LogP contribution in [0.5, 0.6) is 0 Å². The van der Waals surface area contributed by atoms with Gasteiger partial charge >= 0.3 is 0 Å². The van der Waals surface area contributed by atoms with Crippen molar-refractivity contribution in [3.8, 4) is 0 Å². The lowest BCUT2D eigenvalue weighted by atomic mass is 10.1. The molecule has 1 aliphatic heterocycles. The van der Waals surface area contributed by atoms with Crippen LogP contribution in [0.3, 0.4) is 0 Å².